The van der Waals surface area contributed by atoms with Crippen molar-refractivity contribution in [2.24, 2.45) is 0 Å². The summed E-state index contributed by atoms with van der Waals surface area (Å²) in [5, 5.41) is 11.1. The quantitative estimate of drug-likeness (QED) is 0.763. The molecular weight excluding hydrogens is 360 g/mol. The Labute approximate surface area is 140 Å². The van der Waals surface area contributed by atoms with Crippen molar-refractivity contribution in [3.05, 3.63) is 63.4 Å². The lowest BCUT2D eigenvalue weighted by molar-refractivity contribution is -0.116. The van der Waals surface area contributed by atoms with E-state index in [0.29, 0.717) is 16.6 Å². The summed E-state index contributed by atoms with van der Waals surface area (Å²) in [5.74, 6) is -0.196. The number of hydrogen-bond acceptors (Lipinski definition) is 4. The van der Waals surface area contributed by atoms with E-state index in [4.69, 9.17) is 0 Å². The Bertz CT molecular complexity index is 923. The Morgan fingerprint density at radius 3 is 2.70 bits per heavy atom. The Balaban J connectivity index is 1.71. The van der Waals surface area contributed by atoms with Crippen LogP contribution in [0.4, 0.5) is 5.69 Å². The second-order valence-electron chi connectivity index (χ2n) is 4.91. The molecule has 0 spiro atoms. The fourth-order valence-electron chi connectivity index (χ4n) is 2.15. The maximum Gasteiger partial charge on any atom is 0.277 e. The lowest BCUT2D eigenvalue weighted by atomic mass is 10.2. The van der Waals surface area contributed by atoms with Crippen LogP contribution in [0, 0.1) is 0 Å². The normalized spacial score (nSPS) is 10.7. The molecule has 0 saturated carbocycles. The third kappa shape index (κ3) is 3.45. The molecule has 0 bridgehead atoms. The van der Waals surface area contributed by atoms with E-state index in [-0.39, 0.29) is 24.4 Å². The first-order valence-corrected chi connectivity index (χ1v) is 7.81. The smallest absolute Gasteiger partial charge is 0.277 e. The molecule has 0 radical (unpaired) electrons. The number of anilines is 1. The summed E-state index contributed by atoms with van der Waals surface area (Å²) in [4.78, 5) is 24.3. The SMILES string of the molecule is O=C(CCn1nnc2ccccc2c1=O)Nc1ccccc1Br. The number of rotatable bonds is 4. The minimum Gasteiger partial charge on any atom is -0.325 e. The van der Waals surface area contributed by atoms with Crippen LogP contribution in [-0.2, 0) is 11.3 Å². The van der Waals surface area contributed by atoms with Crippen molar-refractivity contribution in [2.45, 2.75) is 13.0 Å². The maximum absolute atomic E-state index is 12.3. The molecule has 1 aromatic heterocycles. The zero-order valence-corrected chi connectivity index (χ0v) is 13.7. The van der Waals surface area contributed by atoms with Gasteiger partial charge in [0.05, 0.1) is 17.6 Å². The molecule has 0 aliphatic heterocycles. The number of fused-ring (bicyclic) bond motifs is 1. The van der Waals surface area contributed by atoms with Gasteiger partial charge in [-0.2, -0.15) is 0 Å². The van der Waals surface area contributed by atoms with Gasteiger partial charge in [0, 0.05) is 10.9 Å². The number of aromatic nitrogens is 3. The molecule has 0 saturated heterocycles. The standard InChI is InChI=1S/C16H13BrN4O2/c17-12-6-2-4-8-14(12)18-15(22)9-10-21-16(23)11-5-1-3-7-13(11)19-20-21/h1-8H,9-10H2,(H,18,22). The van der Waals surface area contributed by atoms with Crippen molar-refractivity contribution in [1.82, 2.24) is 15.0 Å². The molecule has 23 heavy (non-hydrogen) atoms. The summed E-state index contributed by atoms with van der Waals surface area (Å²) in [6.07, 6.45) is 0.133. The zero-order chi connectivity index (χ0) is 16.2. The number of carbonyl (C=O) groups excluding carboxylic acids is 1. The maximum atomic E-state index is 12.3. The minimum atomic E-state index is -0.246. The van der Waals surface area contributed by atoms with Crippen molar-refractivity contribution in [3.63, 3.8) is 0 Å². The predicted octanol–water partition coefficient (Wildman–Crippen LogP) is 2.58. The number of para-hydroxylation sites is 1. The van der Waals surface area contributed by atoms with Gasteiger partial charge in [-0.15, -0.1) is 5.10 Å². The first kappa shape index (κ1) is 15.4. The molecule has 0 fully saturated rings. The predicted molar refractivity (Wildman–Crippen MR) is 91.2 cm³/mol. The van der Waals surface area contributed by atoms with Gasteiger partial charge in [-0.25, -0.2) is 4.68 Å². The molecule has 1 amide bonds. The number of nitrogens with one attached hydrogen (secondary N) is 1. The van der Waals surface area contributed by atoms with E-state index in [0.717, 1.165) is 4.47 Å². The van der Waals surface area contributed by atoms with Gasteiger partial charge >= 0.3 is 0 Å². The average molecular weight is 373 g/mol. The Morgan fingerprint density at radius 1 is 1.13 bits per heavy atom. The Kier molecular flexibility index (Phi) is 4.47. The fourth-order valence-corrected chi connectivity index (χ4v) is 2.54. The second kappa shape index (κ2) is 6.70. The van der Waals surface area contributed by atoms with Gasteiger partial charge in [-0.05, 0) is 40.2 Å². The van der Waals surface area contributed by atoms with Crippen LogP contribution in [0.1, 0.15) is 6.42 Å². The van der Waals surface area contributed by atoms with Gasteiger partial charge < -0.3 is 5.32 Å². The minimum absolute atomic E-state index is 0.133. The van der Waals surface area contributed by atoms with E-state index in [1.54, 1.807) is 30.3 Å². The van der Waals surface area contributed by atoms with Crippen molar-refractivity contribution in [2.75, 3.05) is 5.32 Å². The lowest BCUT2D eigenvalue weighted by Gasteiger charge is -2.08. The number of carbonyl (C=O) groups is 1. The summed E-state index contributed by atoms with van der Waals surface area (Å²) in [5.41, 5.74) is 0.991. The number of halogens is 1. The highest BCUT2D eigenvalue weighted by Crippen LogP contribution is 2.21. The third-order valence-electron chi connectivity index (χ3n) is 3.33. The second-order valence-corrected chi connectivity index (χ2v) is 5.77. The highest BCUT2D eigenvalue weighted by Gasteiger charge is 2.09. The number of benzene rings is 2. The molecule has 0 aliphatic carbocycles. The highest BCUT2D eigenvalue weighted by atomic mass is 79.9. The molecule has 0 atom stereocenters. The fraction of sp³-hybridized carbons (Fsp3) is 0.125. The highest BCUT2D eigenvalue weighted by molar-refractivity contribution is 9.10. The first-order chi connectivity index (χ1) is 11.1. The van der Waals surface area contributed by atoms with Gasteiger partial charge in [-0.3, -0.25) is 9.59 Å². The van der Waals surface area contributed by atoms with Gasteiger partial charge in [0.2, 0.25) is 5.91 Å². The summed E-state index contributed by atoms with van der Waals surface area (Å²) >= 11 is 3.37. The lowest BCUT2D eigenvalue weighted by Crippen LogP contribution is -2.26. The molecular formula is C16H13BrN4O2. The summed E-state index contributed by atoms with van der Waals surface area (Å²) in [6, 6.07) is 14.3. The van der Waals surface area contributed by atoms with E-state index in [1.807, 2.05) is 18.2 Å². The number of nitrogens with zero attached hydrogens (tertiary/aromatic N) is 3. The molecule has 0 unspecified atom stereocenters. The van der Waals surface area contributed by atoms with E-state index in [2.05, 4.69) is 31.6 Å². The molecule has 6 nitrogen and oxygen atoms in total. The summed E-state index contributed by atoms with van der Waals surface area (Å²) < 4.78 is 2.01. The van der Waals surface area contributed by atoms with E-state index < -0.39 is 0 Å². The van der Waals surface area contributed by atoms with Crippen LogP contribution < -0.4 is 10.9 Å². The van der Waals surface area contributed by atoms with Crippen LogP contribution >= 0.6 is 15.9 Å². The monoisotopic (exact) mass is 372 g/mol. The average Bonchev–Trinajstić information content (AvgIpc) is 2.57. The summed E-state index contributed by atoms with van der Waals surface area (Å²) in [7, 11) is 0. The van der Waals surface area contributed by atoms with Crippen LogP contribution in [0.25, 0.3) is 10.9 Å². The van der Waals surface area contributed by atoms with Crippen LogP contribution in [0.5, 0.6) is 0 Å². The van der Waals surface area contributed by atoms with Crippen LogP contribution in [0.3, 0.4) is 0 Å². The van der Waals surface area contributed by atoms with Crippen LogP contribution in [0.15, 0.2) is 57.8 Å². The Morgan fingerprint density at radius 2 is 1.87 bits per heavy atom. The molecule has 2 aromatic carbocycles. The molecule has 3 rings (SSSR count). The molecule has 1 heterocycles. The topological polar surface area (TPSA) is 76.9 Å². The van der Waals surface area contributed by atoms with E-state index in [1.165, 1.54) is 4.68 Å². The van der Waals surface area contributed by atoms with E-state index >= 15 is 0 Å². The van der Waals surface area contributed by atoms with Crippen LogP contribution in [0.2, 0.25) is 0 Å². The molecule has 3 aromatic rings. The zero-order valence-electron chi connectivity index (χ0n) is 12.1. The molecule has 0 aliphatic rings. The number of hydrogen-bond donors (Lipinski definition) is 1. The number of aryl methyl sites for hydroxylation is 1. The molecule has 116 valence electrons. The van der Waals surface area contributed by atoms with Crippen molar-refractivity contribution in [3.8, 4) is 0 Å². The van der Waals surface area contributed by atoms with Gasteiger partial charge in [0.25, 0.3) is 5.56 Å². The Hall–Kier alpha value is -2.54. The van der Waals surface area contributed by atoms with Gasteiger partial charge in [-0.1, -0.05) is 29.5 Å². The molecule has 1 N–H and O–H groups in total. The van der Waals surface area contributed by atoms with Crippen LogP contribution in [-0.4, -0.2) is 20.9 Å². The largest absolute Gasteiger partial charge is 0.325 e. The van der Waals surface area contributed by atoms with Crippen molar-refractivity contribution >= 4 is 38.4 Å². The van der Waals surface area contributed by atoms with E-state index in [9.17, 15) is 9.59 Å². The number of amides is 1. The van der Waals surface area contributed by atoms with Crippen molar-refractivity contribution < 1.29 is 4.79 Å². The van der Waals surface area contributed by atoms with Gasteiger partial charge in [0.15, 0.2) is 0 Å². The van der Waals surface area contributed by atoms with Crippen molar-refractivity contribution in [1.29, 1.82) is 0 Å². The third-order valence-corrected chi connectivity index (χ3v) is 4.02. The molecule has 7 heteroatoms. The van der Waals surface area contributed by atoms with Gasteiger partial charge in [0.1, 0.15) is 5.52 Å². The first-order valence-electron chi connectivity index (χ1n) is 7.02. The summed E-state index contributed by atoms with van der Waals surface area (Å²) in [6.45, 7) is 0.174.